The van der Waals surface area contributed by atoms with Gasteiger partial charge >= 0.3 is 0 Å². The standard InChI is InChI=1S/C21H28N2O/c1-5-10-21(11-6-2)14-18-19(22-12-13-23(18)20(21)24)17-9-7-8-15(3)16(17)4/h5-9,18-19,22H,1-2,10-14H2,3-4H3. The van der Waals surface area contributed by atoms with Crippen LogP contribution in [-0.2, 0) is 4.79 Å². The van der Waals surface area contributed by atoms with Crippen molar-refractivity contribution < 1.29 is 4.79 Å². The van der Waals surface area contributed by atoms with Crippen LogP contribution in [0.4, 0.5) is 0 Å². The van der Waals surface area contributed by atoms with E-state index in [1.807, 2.05) is 12.2 Å². The van der Waals surface area contributed by atoms with Crippen molar-refractivity contribution in [2.45, 2.75) is 45.2 Å². The lowest BCUT2D eigenvalue weighted by Gasteiger charge is -2.38. The normalized spacial score (nSPS) is 25.4. The summed E-state index contributed by atoms with van der Waals surface area (Å²) in [6.45, 7) is 13.7. The van der Waals surface area contributed by atoms with E-state index in [9.17, 15) is 4.79 Å². The number of nitrogens with one attached hydrogen (secondary N) is 1. The highest BCUT2D eigenvalue weighted by Crippen LogP contribution is 2.47. The van der Waals surface area contributed by atoms with Gasteiger partial charge in [0.2, 0.25) is 5.91 Å². The molecule has 24 heavy (non-hydrogen) atoms. The van der Waals surface area contributed by atoms with E-state index in [1.54, 1.807) is 0 Å². The molecule has 3 heteroatoms. The monoisotopic (exact) mass is 324 g/mol. The van der Waals surface area contributed by atoms with Gasteiger partial charge in [-0.15, -0.1) is 13.2 Å². The van der Waals surface area contributed by atoms with E-state index in [-0.39, 0.29) is 23.4 Å². The Kier molecular flexibility index (Phi) is 4.64. The maximum atomic E-state index is 13.2. The van der Waals surface area contributed by atoms with E-state index < -0.39 is 0 Å². The van der Waals surface area contributed by atoms with Crippen LogP contribution < -0.4 is 5.32 Å². The SMILES string of the molecule is C=CCC1(CC=C)CC2C(c3cccc(C)c3C)NCCN2C1=O. The second-order valence-corrected chi connectivity index (χ2v) is 7.26. The van der Waals surface area contributed by atoms with Crippen LogP contribution >= 0.6 is 0 Å². The molecule has 2 aliphatic rings. The molecule has 0 aliphatic carbocycles. The smallest absolute Gasteiger partial charge is 0.229 e. The van der Waals surface area contributed by atoms with Gasteiger partial charge in [-0.2, -0.15) is 0 Å². The van der Waals surface area contributed by atoms with Crippen LogP contribution in [0.25, 0.3) is 0 Å². The van der Waals surface area contributed by atoms with Crippen LogP contribution in [0.15, 0.2) is 43.5 Å². The van der Waals surface area contributed by atoms with Crippen molar-refractivity contribution >= 4 is 5.91 Å². The van der Waals surface area contributed by atoms with E-state index in [0.717, 1.165) is 32.4 Å². The van der Waals surface area contributed by atoms with Gasteiger partial charge in [-0.05, 0) is 49.8 Å². The summed E-state index contributed by atoms with van der Waals surface area (Å²) in [7, 11) is 0. The third-order valence-corrected chi connectivity index (χ3v) is 5.87. The number of hydrogen-bond donors (Lipinski definition) is 1. The van der Waals surface area contributed by atoms with Crippen molar-refractivity contribution in [1.82, 2.24) is 10.2 Å². The molecule has 2 fully saturated rings. The lowest BCUT2D eigenvalue weighted by molar-refractivity contribution is -0.137. The summed E-state index contributed by atoms with van der Waals surface area (Å²) >= 11 is 0. The molecule has 1 N–H and O–H groups in total. The Morgan fingerprint density at radius 2 is 2.00 bits per heavy atom. The number of aryl methyl sites for hydroxylation is 1. The summed E-state index contributed by atoms with van der Waals surface area (Å²) in [5.74, 6) is 0.282. The number of nitrogens with zero attached hydrogens (tertiary/aromatic N) is 1. The number of benzene rings is 1. The summed E-state index contributed by atoms with van der Waals surface area (Å²) < 4.78 is 0. The molecule has 3 rings (SSSR count). The fourth-order valence-corrected chi connectivity index (χ4v) is 4.50. The van der Waals surface area contributed by atoms with E-state index in [2.05, 4.69) is 55.4 Å². The molecule has 1 aromatic carbocycles. The molecule has 3 nitrogen and oxygen atoms in total. The molecule has 2 heterocycles. The predicted octanol–water partition coefficient (Wildman–Crippen LogP) is 3.69. The van der Waals surface area contributed by atoms with Crippen molar-refractivity contribution in [3.63, 3.8) is 0 Å². The van der Waals surface area contributed by atoms with Gasteiger partial charge in [0.05, 0.1) is 17.5 Å². The summed E-state index contributed by atoms with van der Waals surface area (Å²) in [6, 6.07) is 6.90. The van der Waals surface area contributed by atoms with Gasteiger partial charge < -0.3 is 10.2 Å². The minimum atomic E-state index is -0.351. The highest BCUT2D eigenvalue weighted by Gasteiger charge is 2.53. The second kappa shape index (κ2) is 6.56. The van der Waals surface area contributed by atoms with Crippen molar-refractivity contribution in [3.8, 4) is 0 Å². The molecule has 1 aromatic rings. The van der Waals surface area contributed by atoms with Gasteiger partial charge in [0, 0.05) is 13.1 Å². The Balaban J connectivity index is 1.98. The van der Waals surface area contributed by atoms with Crippen LogP contribution in [0.2, 0.25) is 0 Å². The average molecular weight is 324 g/mol. The van der Waals surface area contributed by atoms with Crippen molar-refractivity contribution in [1.29, 1.82) is 0 Å². The molecular weight excluding hydrogens is 296 g/mol. The van der Waals surface area contributed by atoms with E-state index >= 15 is 0 Å². The minimum Gasteiger partial charge on any atom is -0.336 e. The van der Waals surface area contributed by atoms with Crippen LogP contribution in [0.1, 0.15) is 42.0 Å². The average Bonchev–Trinajstić information content (AvgIpc) is 2.84. The minimum absolute atomic E-state index is 0.208. The molecule has 2 aliphatic heterocycles. The molecule has 0 spiro atoms. The van der Waals surface area contributed by atoms with E-state index in [1.165, 1.54) is 16.7 Å². The lowest BCUT2D eigenvalue weighted by atomic mass is 9.77. The van der Waals surface area contributed by atoms with Crippen molar-refractivity contribution in [2.24, 2.45) is 5.41 Å². The number of piperazine rings is 1. The quantitative estimate of drug-likeness (QED) is 0.838. The number of fused-ring (bicyclic) bond motifs is 1. The van der Waals surface area contributed by atoms with Gasteiger partial charge in [-0.1, -0.05) is 30.4 Å². The van der Waals surface area contributed by atoms with Crippen LogP contribution in [0.3, 0.4) is 0 Å². The van der Waals surface area contributed by atoms with Gasteiger partial charge in [0.15, 0.2) is 0 Å². The summed E-state index contributed by atoms with van der Waals surface area (Å²) in [5.41, 5.74) is 3.61. The third-order valence-electron chi connectivity index (χ3n) is 5.87. The first-order chi connectivity index (χ1) is 11.5. The zero-order valence-corrected chi connectivity index (χ0v) is 14.8. The fourth-order valence-electron chi connectivity index (χ4n) is 4.50. The molecule has 0 bridgehead atoms. The largest absolute Gasteiger partial charge is 0.336 e. The zero-order chi connectivity index (χ0) is 17.3. The van der Waals surface area contributed by atoms with Crippen molar-refractivity contribution in [3.05, 3.63) is 60.2 Å². The Morgan fingerprint density at radius 3 is 2.67 bits per heavy atom. The number of carbonyl (C=O) groups excluding carboxylic acids is 1. The highest BCUT2D eigenvalue weighted by atomic mass is 16.2. The van der Waals surface area contributed by atoms with Crippen LogP contribution in [0.5, 0.6) is 0 Å². The predicted molar refractivity (Wildman–Crippen MR) is 98.8 cm³/mol. The molecular formula is C21H28N2O. The Morgan fingerprint density at radius 1 is 1.29 bits per heavy atom. The Hall–Kier alpha value is -1.87. The van der Waals surface area contributed by atoms with E-state index in [4.69, 9.17) is 0 Å². The summed E-state index contributed by atoms with van der Waals surface area (Å²) in [5, 5.41) is 3.67. The lowest BCUT2D eigenvalue weighted by Crippen LogP contribution is -2.51. The fraction of sp³-hybridized carbons (Fsp3) is 0.476. The number of amides is 1. The molecule has 2 saturated heterocycles. The number of hydrogen-bond acceptors (Lipinski definition) is 2. The number of rotatable bonds is 5. The Labute approximate surface area is 145 Å². The van der Waals surface area contributed by atoms with Crippen LogP contribution in [0, 0.1) is 19.3 Å². The van der Waals surface area contributed by atoms with Crippen LogP contribution in [-0.4, -0.2) is 29.9 Å². The summed E-state index contributed by atoms with van der Waals surface area (Å²) in [4.78, 5) is 15.3. The second-order valence-electron chi connectivity index (χ2n) is 7.26. The Bertz CT molecular complexity index is 654. The molecule has 128 valence electrons. The van der Waals surface area contributed by atoms with Gasteiger partial charge in [0.1, 0.15) is 0 Å². The molecule has 0 saturated carbocycles. The maximum Gasteiger partial charge on any atom is 0.229 e. The maximum absolute atomic E-state index is 13.2. The van der Waals surface area contributed by atoms with Gasteiger partial charge in [-0.3, -0.25) is 4.79 Å². The molecule has 2 atom stereocenters. The first-order valence-corrected chi connectivity index (χ1v) is 8.86. The van der Waals surface area contributed by atoms with Gasteiger partial charge in [-0.25, -0.2) is 0 Å². The molecule has 0 aromatic heterocycles. The number of carbonyl (C=O) groups is 1. The topological polar surface area (TPSA) is 32.3 Å². The first-order valence-electron chi connectivity index (χ1n) is 8.86. The third kappa shape index (κ3) is 2.61. The van der Waals surface area contributed by atoms with Gasteiger partial charge in [0.25, 0.3) is 0 Å². The van der Waals surface area contributed by atoms with E-state index in [0.29, 0.717) is 0 Å². The molecule has 2 unspecified atom stereocenters. The number of allylic oxidation sites excluding steroid dienone is 2. The van der Waals surface area contributed by atoms with Crippen molar-refractivity contribution in [2.75, 3.05) is 13.1 Å². The summed E-state index contributed by atoms with van der Waals surface area (Å²) in [6.07, 6.45) is 6.10. The molecule has 0 radical (unpaired) electrons. The first kappa shape index (κ1) is 17.0. The molecule has 1 amide bonds. The highest BCUT2D eigenvalue weighted by molar-refractivity contribution is 5.86. The zero-order valence-electron chi connectivity index (χ0n) is 14.8.